The van der Waals surface area contributed by atoms with Gasteiger partial charge in [-0.15, -0.1) is 0 Å². The van der Waals surface area contributed by atoms with Crippen LogP contribution in [0.4, 0.5) is 5.82 Å². The number of aryl methyl sites for hydroxylation is 1. The molecule has 0 radical (unpaired) electrons. The van der Waals surface area contributed by atoms with E-state index in [4.69, 9.17) is 4.98 Å². The van der Waals surface area contributed by atoms with Gasteiger partial charge in [-0.1, -0.05) is 30.7 Å². The van der Waals surface area contributed by atoms with Gasteiger partial charge >= 0.3 is 0 Å². The van der Waals surface area contributed by atoms with Crippen molar-refractivity contribution >= 4 is 17.4 Å². The Morgan fingerprint density at radius 3 is 3.07 bits per heavy atom. The van der Waals surface area contributed by atoms with Gasteiger partial charge in [-0.2, -0.15) is 0 Å². The monoisotopic (exact) mass is 377 g/mol. The van der Waals surface area contributed by atoms with Gasteiger partial charge < -0.3 is 10.2 Å². The molecule has 1 aliphatic heterocycles. The number of nitrogens with zero attached hydrogens (tertiary/aromatic N) is 4. The number of piperidine rings is 1. The standard InChI is InChI=1S/C22H27N5O/c1-16-5-3-7-18(13-16)21-22(27-12-10-23-14-19(27)25-21)24-9-8-20(28)26-11-4-6-17(2)15-26/h3,5,7,10,12-14,17,24H,4,6,8-9,11,15H2,1-2H3/t17-/m1/s1. The van der Waals surface area contributed by atoms with Crippen molar-refractivity contribution < 1.29 is 4.79 Å². The molecule has 1 atom stereocenters. The fourth-order valence-electron chi connectivity index (χ4n) is 3.93. The predicted octanol–water partition coefficient (Wildman–Crippen LogP) is 3.77. The first-order chi connectivity index (χ1) is 13.6. The normalized spacial score (nSPS) is 17.1. The maximum Gasteiger partial charge on any atom is 0.224 e. The van der Waals surface area contributed by atoms with Crippen LogP contribution in [0.3, 0.4) is 0 Å². The van der Waals surface area contributed by atoms with Gasteiger partial charge in [0.15, 0.2) is 5.65 Å². The molecule has 6 heteroatoms. The maximum atomic E-state index is 12.6. The number of amides is 1. The lowest BCUT2D eigenvalue weighted by Crippen LogP contribution is -2.39. The number of carbonyl (C=O) groups is 1. The number of anilines is 1. The highest BCUT2D eigenvalue weighted by atomic mass is 16.2. The fourth-order valence-corrected chi connectivity index (χ4v) is 3.93. The van der Waals surface area contributed by atoms with Gasteiger partial charge in [0, 0.05) is 44.0 Å². The summed E-state index contributed by atoms with van der Waals surface area (Å²) in [7, 11) is 0. The van der Waals surface area contributed by atoms with E-state index in [0.29, 0.717) is 18.9 Å². The minimum absolute atomic E-state index is 0.228. The highest BCUT2D eigenvalue weighted by Gasteiger charge is 2.21. The highest BCUT2D eigenvalue weighted by molar-refractivity contribution is 5.79. The Hall–Kier alpha value is -2.89. The first-order valence-corrected chi connectivity index (χ1v) is 10.0. The van der Waals surface area contributed by atoms with Crippen molar-refractivity contribution in [3.8, 4) is 11.3 Å². The van der Waals surface area contributed by atoms with Gasteiger partial charge in [-0.25, -0.2) is 4.98 Å². The van der Waals surface area contributed by atoms with Crippen LogP contribution in [0.25, 0.3) is 16.9 Å². The summed E-state index contributed by atoms with van der Waals surface area (Å²) < 4.78 is 2.00. The molecular formula is C22H27N5O. The number of nitrogens with one attached hydrogen (secondary N) is 1. The zero-order chi connectivity index (χ0) is 19.5. The molecule has 2 aromatic heterocycles. The first kappa shape index (κ1) is 18.5. The molecule has 1 aliphatic rings. The average molecular weight is 377 g/mol. The zero-order valence-corrected chi connectivity index (χ0v) is 16.6. The average Bonchev–Trinajstić information content (AvgIpc) is 3.07. The Bertz CT molecular complexity index is 980. The molecule has 3 aromatic rings. The molecule has 4 rings (SSSR count). The van der Waals surface area contributed by atoms with Crippen LogP contribution in [0.2, 0.25) is 0 Å². The Morgan fingerprint density at radius 1 is 1.36 bits per heavy atom. The molecule has 3 heterocycles. The van der Waals surface area contributed by atoms with Gasteiger partial charge in [0.2, 0.25) is 5.91 Å². The second kappa shape index (κ2) is 8.00. The van der Waals surface area contributed by atoms with Crippen LogP contribution < -0.4 is 5.32 Å². The van der Waals surface area contributed by atoms with E-state index in [1.54, 1.807) is 12.4 Å². The van der Waals surface area contributed by atoms with Gasteiger partial charge in [-0.3, -0.25) is 14.2 Å². The fraction of sp³-hybridized carbons (Fsp3) is 0.409. The predicted molar refractivity (Wildman–Crippen MR) is 111 cm³/mol. The summed E-state index contributed by atoms with van der Waals surface area (Å²) >= 11 is 0. The number of benzene rings is 1. The van der Waals surface area contributed by atoms with E-state index < -0.39 is 0 Å². The third-order valence-corrected chi connectivity index (χ3v) is 5.36. The lowest BCUT2D eigenvalue weighted by molar-refractivity contribution is -0.132. The quantitative estimate of drug-likeness (QED) is 0.735. The molecule has 1 saturated heterocycles. The number of hydrogen-bond donors (Lipinski definition) is 1. The van der Waals surface area contributed by atoms with Crippen LogP contribution in [-0.4, -0.2) is 44.8 Å². The molecule has 1 amide bonds. The van der Waals surface area contributed by atoms with E-state index >= 15 is 0 Å². The van der Waals surface area contributed by atoms with Crippen LogP contribution in [0.5, 0.6) is 0 Å². The van der Waals surface area contributed by atoms with E-state index in [0.717, 1.165) is 42.2 Å². The molecule has 1 aromatic carbocycles. The molecule has 0 saturated carbocycles. The van der Waals surface area contributed by atoms with Gasteiger partial charge in [0.1, 0.15) is 11.5 Å². The Kier molecular flexibility index (Phi) is 5.28. The summed E-state index contributed by atoms with van der Waals surface area (Å²) in [6.07, 6.45) is 8.22. The number of imidazole rings is 1. The van der Waals surface area contributed by atoms with Gasteiger partial charge in [0.25, 0.3) is 0 Å². The van der Waals surface area contributed by atoms with Crippen molar-refractivity contribution in [2.24, 2.45) is 5.92 Å². The molecule has 6 nitrogen and oxygen atoms in total. The highest BCUT2D eigenvalue weighted by Crippen LogP contribution is 2.29. The SMILES string of the molecule is Cc1cccc(-c2nc3cnccn3c2NCCC(=O)N2CCC[C@@H](C)C2)c1. The van der Waals surface area contributed by atoms with Crippen molar-refractivity contribution in [3.63, 3.8) is 0 Å². The molecule has 0 bridgehead atoms. The second-order valence-corrected chi connectivity index (χ2v) is 7.75. The topological polar surface area (TPSA) is 62.5 Å². The molecule has 0 spiro atoms. The lowest BCUT2D eigenvalue weighted by atomic mass is 10.00. The molecule has 0 aliphatic carbocycles. The number of hydrogen-bond acceptors (Lipinski definition) is 4. The summed E-state index contributed by atoms with van der Waals surface area (Å²) in [5, 5.41) is 3.46. The molecule has 1 N–H and O–H groups in total. The Morgan fingerprint density at radius 2 is 2.25 bits per heavy atom. The van der Waals surface area contributed by atoms with Crippen molar-refractivity contribution in [1.29, 1.82) is 0 Å². The number of fused-ring (bicyclic) bond motifs is 1. The summed E-state index contributed by atoms with van der Waals surface area (Å²) in [5.41, 5.74) is 3.92. The van der Waals surface area contributed by atoms with Crippen LogP contribution in [0.15, 0.2) is 42.9 Å². The minimum atomic E-state index is 0.228. The number of aromatic nitrogens is 3. The third kappa shape index (κ3) is 3.86. The third-order valence-electron chi connectivity index (χ3n) is 5.36. The molecule has 146 valence electrons. The molecule has 1 fully saturated rings. The van der Waals surface area contributed by atoms with E-state index in [9.17, 15) is 4.79 Å². The van der Waals surface area contributed by atoms with Crippen molar-refractivity contribution in [2.75, 3.05) is 25.0 Å². The van der Waals surface area contributed by atoms with Gasteiger partial charge in [0.05, 0.1) is 6.20 Å². The maximum absolute atomic E-state index is 12.6. The van der Waals surface area contributed by atoms with E-state index in [2.05, 4.69) is 42.3 Å². The summed E-state index contributed by atoms with van der Waals surface area (Å²) in [5.74, 6) is 1.74. The van der Waals surface area contributed by atoms with Crippen molar-refractivity contribution in [1.82, 2.24) is 19.3 Å². The van der Waals surface area contributed by atoms with Crippen LogP contribution >= 0.6 is 0 Å². The number of likely N-dealkylation sites (tertiary alicyclic amines) is 1. The van der Waals surface area contributed by atoms with Crippen LogP contribution in [-0.2, 0) is 4.79 Å². The second-order valence-electron chi connectivity index (χ2n) is 7.75. The summed E-state index contributed by atoms with van der Waals surface area (Å²) in [6.45, 7) is 6.65. The number of carbonyl (C=O) groups excluding carboxylic acids is 1. The smallest absolute Gasteiger partial charge is 0.224 e. The van der Waals surface area contributed by atoms with Crippen LogP contribution in [0, 0.1) is 12.8 Å². The van der Waals surface area contributed by atoms with E-state index in [-0.39, 0.29) is 5.91 Å². The first-order valence-electron chi connectivity index (χ1n) is 10.0. The van der Waals surface area contributed by atoms with Gasteiger partial charge in [-0.05, 0) is 31.7 Å². The molecule has 28 heavy (non-hydrogen) atoms. The molecule has 0 unspecified atom stereocenters. The zero-order valence-electron chi connectivity index (χ0n) is 16.6. The van der Waals surface area contributed by atoms with E-state index in [1.807, 2.05) is 21.6 Å². The Labute approximate surface area is 165 Å². The largest absolute Gasteiger partial charge is 0.369 e. The minimum Gasteiger partial charge on any atom is -0.369 e. The summed E-state index contributed by atoms with van der Waals surface area (Å²) in [4.78, 5) is 23.5. The number of rotatable bonds is 5. The Balaban J connectivity index is 1.53. The lowest BCUT2D eigenvalue weighted by Gasteiger charge is -2.31. The van der Waals surface area contributed by atoms with Crippen LogP contribution in [0.1, 0.15) is 31.7 Å². The van der Waals surface area contributed by atoms with E-state index in [1.165, 1.54) is 12.0 Å². The molecular weight excluding hydrogens is 350 g/mol. The van der Waals surface area contributed by atoms with Crippen molar-refractivity contribution in [2.45, 2.75) is 33.1 Å². The van der Waals surface area contributed by atoms with Crippen molar-refractivity contribution in [3.05, 3.63) is 48.4 Å². The summed E-state index contributed by atoms with van der Waals surface area (Å²) in [6, 6.07) is 8.30.